The first-order valence-electron chi connectivity index (χ1n) is 28.6. The summed E-state index contributed by atoms with van der Waals surface area (Å²) in [6, 6.07) is 41.0. The first-order valence-corrected chi connectivity index (χ1v) is 42.6. The summed E-state index contributed by atoms with van der Waals surface area (Å²) in [7, 11) is -6.59. The molecule has 6 heteroatoms. The van der Waals surface area contributed by atoms with Gasteiger partial charge in [-0.3, -0.25) is 0 Å². The molecule has 0 bridgehead atoms. The van der Waals surface area contributed by atoms with E-state index in [1.165, 1.54) is 121 Å². The van der Waals surface area contributed by atoms with Crippen LogP contribution < -0.4 is 20.7 Å². The van der Waals surface area contributed by atoms with Crippen molar-refractivity contribution in [2.45, 2.75) is 183 Å². The number of benzene rings is 7. The van der Waals surface area contributed by atoms with Gasteiger partial charge in [0.2, 0.25) is 0 Å². The maximum atomic E-state index is 2.76. The van der Waals surface area contributed by atoms with Gasteiger partial charge in [0.05, 0.1) is 65.4 Å². The Bertz CT molecular complexity index is 3870. The summed E-state index contributed by atoms with van der Waals surface area (Å²) in [5, 5.41) is 17.3. The van der Waals surface area contributed by atoms with Gasteiger partial charge in [0.25, 0.3) is 0 Å². The Balaban J connectivity index is 1.44. The van der Waals surface area contributed by atoms with Crippen LogP contribution in [0.3, 0.4) is 0 Å². The van der Waals surface area contributed by atoms with Gasteiger partial charge in [0, 0.05) is 43.1 Å². The lowest BCUT2D eigenvalue weighted by Gasteiger charge is -2.26. The van der Waals surface area contributed by atoms with Gasteiger partial charge in [-0.15, -0.1) is 0 Å². The molecule has 0 unspecified atom stereocenters. The van der Waals surface area contributed by atoms with Crippen LogP contribution in [-0.4, -0.2) is 41.1 Å². The molecule has 0 radical (unpaired) electrons. The molecule has 0 saturated carbocycles. The third-order valence-electron chi connectivity index (χ3n) is 17.5. The average Bonchev–Trinajstić information content (AvgIpc) is 4.01. The Morgan fingerprint density at radius 1 is 0.276 bits per heavy atom. The van der Waals surface area contributed by atoms with Crippen LogP contribution in [0.15, 0.2) is 97.1 Å². The molecule has 0 amide bonds. The predicted octanol–water partition coefficient (Wildman–Crippen LogP) is 18.7. The molecule has 0 saturated heterocycles. The molecule has 0 fully saturated rings. The zero-order valence-electron chi connectivity index (χ0n) is 51.1. The van der Waals surface area contributed by atoms with Crippen molar-refractivity contribution in [3.63, 3.8) is 0 Å². The Labute approximate surface area is 460 Å². The van der Waals surface area contributed by atoms with Gasteiger partial charge in [0.15, 0.2) is 0 Å². The van der Waals surface area contributed by atoms with Gasteiger partial charge in [-0.2, -0.15) is 0 Å². The van der Waals surface area contributed by atoms with Crippen molar-refractivity contribution in [3.8, 4) is 22.3 Å². The summed E-state index contributed by atoms with van der Waals surface area (Å²) in [6.07, 6.45) is 0. The van der Waals surface area contributed by atoms with Crippen molar-refractivity contribution in [2.24, 2.45) is 0 Å². The molecule has 4 aromatic heterocycles. The SMILES string of the molecule is CC(C)(C)c1cc(C(C)(C)C)c2c(c1)c1c3c4cc(-c5cc([Si](C)(C)C)cc([Si](C)(C)C)c5)ccc4n4c5c(C(C)(C)C)cc(C(C)(C)C)cc5c(c5c6cc(-c7cc([Si](C)(C)C)cc([Si](C)(C)C)c7)ccc6n2c51)c34. The van der Waals surface area contributed by atoms with Crippen LogP contribution in [0.2, 0.25) is 78.6 Å². The first kappa shape index (κ1) is 53.0. The third-order valence-corrected chi connectivity index (χ3v) is 25.5. The van der Waals surface area contributed by atoms with E-state index in [4.69, 9.17) is 0 Å². The fourth-order valence-electron chi connectivity index (χ4n) is 12.6. The molecule has 7 aromatic carbocycles. The minimum atomic E-state index is -1.65. The van der Waals surface area contributed by atoms with Crippen LogP contribution in [0.4, 0.5) is 0 Å². The molecule has 76 heavy (non-hydrogen) atoms. The van der Waals surface area contributed by atoms with Gasteiger partial charge in [0.1, 0.15) is 0 Å². The lowest BCUT2D eigenvalue weighted by molar-refractivity contribution is 0.571. The highest BCUT2D eigenvalue weighted by molar-refractivity contribution is 6.92. The number of hydrogen-bond acceptors (Lipinski definition) is 0. The van der Waals surface area contributed by atoms with E-state index in [1.54, 1.807) is 20.7 Å². The van der Waals surface area contributed by atoms with E-state index in [0.717, 1.165) is 0 Å². The molecule has 2 nitrogen and oxygen atoms in total. The summed E-state index contributed by atoms with van der Waals surface area (Å²) in [5.41, 5.74) is 18.7. The van der Waals surface area contributed by atoms with Crippen LogP contribution in [0, 0.1) is 0 Å². The highest BCUT2D eigenvalue weighted by atomic mass is 28.3. The summed E-state index contributed by atoms with van der Waals surface area (Å²) >= 11 is 0. The van der Waals surface area contributed by atoms with Crippen molar-refractivity contribution >= 4 is 129 Å². The van der Waals surface area contributed by atoms with E-state index < -0.39 is 32.3 Å². The van der Waals surface area contributed by atoms with E-state index in [-0.39, 0.29) is 21.7 Å². The number of aromatic nitrogens is 2. The molecule has 0 atom stereocenters. The van der Waals surface area contributed by atoms with Gasteiger partial charge in [-0.1, -0.05) is 243 Å². The van der Waals surface area contributed by atoms with E-state index in [1.807, 2.05) is 0 Å². The molecule has 0 aliphatic heterocycles. The topological polar surface area (TPSA) is 8.82 Å². The largest absolute Gasteiger partial charge is 0.308 e. The van der Waals surface area contributed by atoms with Gasteiger partial charge in [-0.05, 0) is 103 Å². The van der Waals surface area contributed by atoms with E-state index in [9.17, 15) is 0 Å². The maximum absolute atomic E-state index is 2.76. The Morgan fingerprint density at radius 3 is 0.829 bits per heavy atom. The first-order chi connectivity index (χ1) is 34.7. The maximum Gasteiger partial charge on any atom is 0.0776 e. The Morgan fingerprint density at radius 2 is 0.566 bits per heavy atom. The lowest BCUT2D eigenvalue weighted by atomic mass is 9.79. The fourth-order valence-corrected chi connectivity index (χ4v) is 17.6. The van der Waals surface area contributed by atoms with Crippen LogP contribution in [0.1, 0.15) is 105 Å². The molecular formula is C70H88N2Si4. The van der Waals surface area contributed by atoms with Crippen molar-refractivity contribution in [2.75, 3.05) is 0 Å². The van der Waals surface area contributed by atoms with Gasteiger partial charge >= 0.3 is 0 Å². The number of hydrogen-bond donors (Lipinski definition) is 0. The van der Waals surface area contributed by atoms with E-state index >= 15 is 0 Å². The fraction of sp³-hybridized carbons (Fsp3) is 0.400. The zero-order chi connectivity index (χ0) is 55.5. The second kappa shape index (κ2) is 16.3. The van der Waals surface area contributed by atoms with E-state index in [0.29, 0.717) is 0 Å². The average molecular weight is 1070 g/mol. The minimum Gasteiger partial charge on any atom is -0.308 e. The second-order valence-corrected chi connectivity index (χ2v) is 52.1. The van der Waals surface area contributed by atoms with Gasteiger partial charge < -0.3 is 8.80 Å². The Hall–Kier alpha value is -4.99. The Kier molecular flexibility index (Phi) is 11.4. The summed E-state index contributed by atoms with van der Waals surface area (Å²) in [6.45, 7) is 59.2. The van der Waals surface area contributed by atoms with E-state index in [2.05, 4.69) is 268 Å². The van der Waals surface area contributed by atoms with Crippen LogP contribution in [-0.2, 0) is 21.7 Å². The summed E-state index contributed by atoms with van der Waals surface area (Å²) < 4.78 is 5.52. The van der Waals surface area contributed by atoms with Gasteiger partial charge in [-0.25, -0.2) is 0 Å². The molecule has 11 rings (SSSR count). The number of rotatable bonds is 6. The second-order valence-electron chi connectivity index (χ2n) is 31.8. The molecule has 4 heterocycles. The molecule has 0 N–H and O–H groups in total. The standard InChI is InChI=1S/C70H88N2Si4/c1-67(2,3)45-35-53-61-59-51-33-41(43-29-47(73(13,14)15)39-48(30-43)74(16,17)18)26-28-58(51)72-64-54(36-46(68(4,5)6)38-56(64)70(10,11)12)62(66(59)72)60-52-34-42(44-31-49(75(19,20)21)40-50(32-44)76(22,23)24)25-27-57(52)71(65(60)61)63(53)55(37-45)69(7,8)9/h25-40H,1-24H3. The smallest absolute Gasteiger partial charge is 0.0776 e. The number of fused-ring (bicyclic) bond motifs is 14. The monoisotopic (exact) mass is 1070 g/mol. The third kappa shape index (κ3) is 8.22. The number of nitrogens with zero attached hydrogens (tertiary/aromatic N) is 2. The summed E-state index contributed by atoms with van der Waals surface area (Å²) in [4.78, 5) is 0. The van der Waals surface area contributed by atoms with Crippen LogP contribution in [0.5, 0.6) is 0 Å². The minimum absolute atomic E-state index is 0.0492. The van der Waals surface area contributed by atoms with Crippen molar-refractivity contribution < 1.29 is 0 Å². The lowest BCUT2D eigenvalue weighted by Crippen LogP contribution is -2.45. The molecule has 0 aliphatic carbocycles. The van der Waals surface area contributed by atoms with Crippen LogP contribution >= 0.6 is 0 Å². The molecule has 0 aliphatic rings. The molecule has 11 aromatic rings. The van der Waals surface area contributed by atoms with Crippen molar-refractivity contribution in [1.29, 1.82) is 0 Å². The normalized spacial score (nSPS) is 14.3. The molecule has 394 valence electrons. The zero-order valence-corrected chi connectivity index (χ0v) is 55.1. The quantitative estimate of drug-likeness (QED) is 0.147. The van der Waals surface area contributed by atoms with Crippen molar-refractivity contribution in [1.82, 2.24) is 8.80 Å². The summed E-state index contributed by atoms with van der Waals surface area (Å²) in [5.74, 6) is 0. The highest BCUT2D eigenvalue weighted by Crippen LogP contribution is 2.55. The highest BCUT2D eigenvalue weighted by Gasteiger charge is 2.36. The predicted molar refractivity (Wildman–Crippen MR) is 353 cm³/mol. The van der Waals surface area contributed by atoms with Crippen LogP contribution in [0.25, 0.3) is 98.4 Å². The molecular weight excluding hydrogens is 981 g/mol. The molecule has 0 spiro atoms. The van der Waals surface area contributed by atoms with Crippen molar-refractivity contribution in [3.05, 3.63) is 119 Å².